The van der Waals surface area contributed by atoms with Gasteiger partial charge in [0.25, 0.3) is 0 Å². The van der Waals surface area contributed by atoms with Crippen LogP contribution in [-0.2, 0) is 4.74 Å². The second-order valence-corrected chi connectivity index (χ2v) is 5.39. The predicted octanol–water partition coefficient (Wildman–Crippen LogP) is 3.91. The van der Waals surface area contributed by atoms with Crippen molar-refractivity contribution in [2.45, 2.75) is 12.5 Å². The third kappa shape index (κ3) is 2.16. The van der Waals surface area contributed by atoms with Crippen LogP contribution in [0.2, 0.25) is 0 Å². The standard InChI is InChI=1S/C15H14BrNO/c16-13-6-5-10-8-12(4-3-11(10)9-13)15(17)14-2-1-7-18-14/h2-6,8-9,15H,1,7,17H2. The van der Waals surface area contributed by atoms with Crippen molar-refractivity contribution >= 4 is 26.7 Å². The van der Waals surface area contributed by atoms with Gasteiger partial charge in [0, 0.05) is 10.9 Å². The normalized spacial score (nSPS) is 16.4. The van der Waals surface area contributed by atoms with E-state index < -0.39 is 0 Å². The quantitative estimate of drug-likeness (QED) is 0.913. The van der Waals surface area contributed by atoms with Crippen LogP contribution < -0.4 is 5.73 Å². The molecule has 0 saturated heterocycles. The average Bonchev–Trinajstić information content (AvgIpc) is 2.91. The van der Waals surface area contributed by atoms with Crippen LogP contribution in [0.5, 0.6) is 0 Å². The number of fused-ring (bicyclic) bond motifs is 1. The lowest BCUT2D eigenvalue weighted by Gasteiger charge is -2.14. The van der Waals surface area contributed by atoms with Gasteiger partial charge in [-0.3, -0.25) is 0 Å². The Labute approximate surface area is 115 Å². The molecule has 0 saturated carbocycles. The lowest BCUT2D eigenvalue weighted by atomic mass is 10.0. The Morgan fingerprint density at radius 1 is 1.11 bits per heavy atom. The maximum absolute atomic E-state index is 6.22. The molecule has 0 fully saturated rings. The number of nitrogens with two attached hydrogens (primary N) is 1. The van der Waals surface area contributed by atoms with Crippen LogP contribution in [0.3, 0.4) is 0 Å². The fourth-order valence-electron chi connectivity index (χ4n) is 2.25. The van der Waals surface area contributed by atoms with Crippen LogP contribution in [0.4, 0.5) is 0 Å². The van der Waals surface area contributed by atoms with Crippen molar-refractivity contribution in [3.63, 3.8) is 0 Å². The molecule has 0 amide bonds. The minimum absolute atomic E-state index is 0.152. The highest BCUT2D eigenvalue weighted by molar-refractivity contribution is 9.10. The first kappa shape index (κ1) is 11.8. The zero-order valence-electron chi connectivity index (χ0n) is 9.90. The minimum Gasteiger partial charge on any atom is -0.496 e. The number of benzene rings is 2. The molecular weight excluding hydrogens is 290 g/mol. The highest BCUT2D eigenvalue weighted by atomic mass is 79.9. The summed E-state index contributed by atoms with van der Waals surface area (Å²) in [6.45, 7) is 0.754. The summed E-state index contributed by atoms with van der Waals surface area (Å²) in [5, 5.41) is 2.41. The van der Waals surface area contributed by atoms with Crippen molar-refractivity contribution in [2.24, 2.45) is 5.73 Å². The van der Waals surface area contributed by atoms with E-state index in [9.17, 15) is 0 Å². The molecule has 1 atom stereocenters. The van der Waals surface area contributed by atoms with Gasteiger partial charge in [-0.1, -0.05) is 34.1 Å². The largest absolute Gasteiger partial charge is 0.496 e. The van der Waals surface area contributed by atoms with Gasteiger partial charge in [0.15, 0.2) is 0 Å². The van der Waals surface area contributed by atoms with Crippen LogP contribution in [0, 0.1) is 0 Å². The van der Waals surface area contributed by atoms with Gasteiger partial charge in [-0.05, 0) is 40.6 Å². The molecule has 0 aliphatic carbocycles. The third-order valence-corrected chi connectivity index (χ3v) is 3.72. The molecular formula is C15H14BrNO. The van der Waals surface area contributed by atoms with Crippen LogP contribution >= 0.6 is 15.9 Å². The van der Waals surface area contributed by atoms with Crippen molar-refractivity contribution < 1.29 is 4.74 Å². The average molecular weight is 304 g/mol. The third-order valence-electron chi connectivity index (χ3n) is 3.22. The molecule has 2 aromatic carbocycles. The van der Waals surface area contributed by atoms with E-state index >= 15 is 0 Å². The van der Waals surface area contributed by atoms with E-state index in [4.69, 9.17) is 10.5 Å². The molecule has 2 N–H and O–H groups in total. The Balaban J connectivity index is 2.00. The molecule has 0 radical (unpaired) electrons. The molecule has 0 aromatic heterocycles. The van der Waals surface area contributed by atoms with Crippen molar-refractivity contribution in [3.05, 3.63) is 58.3 Å². The Bertz CT molecular complexity index is 621. The number of rotatable bonds is 2. The van der Waals surface area contributed by atoms with Crippen LogP contribution in [0.15, 0.2) is 52.7 Å². The molecule has 1 aliphatic heterocycles. The van der Waals surface area contributed by atoms with Crippen molar-refractivity contribution in [1.82, 2.24) is 0 Å². The smallest absolute Gasteiger partial charge is 0.113 e. The van der Waals surface area contributed by atoms with Crippen LogP contribution in [0.1, 0.15) is 18.0 Å². The molecule has 1 unspecified atom stereocenters. The molecule has 18 heavy (non-hydrogen) atoms. The topological polar surface area (TPSA) is 35.2 Å². The Morgan fingerprint density at radius 2 is 1.89 bits per heavy atom. The van der Waals surface area contributed by atoms with Crippen LogP contribution in [-0.4, -0.2) is 6.61 Å². The van der Waals surface area contributed by atoms with E-state index in [1.54, 1.807) is 0 Å². The fourth-order valence-corrected chi connectivity index (χ4v) is 2.63. The molecule has 1 heterocycles. The lowest BCUT2D eigenvalue weighted by Crippen LogP contribution is -2.13. The number of hydrogen-bond acceptors (Lipinski definition) is 2. The van der Waals surface area contributed by atoms with Crippen molar-refractivity contribution in [2.75, 3.05) is 6.61 Å². The summed E-state index contributed by atoms with van der Waals surface area (Å²) in [7, 11) is 0. The first-order chi connectivity index (χ1) is 8.74. The number of halogens is 1. The van der Waals surface area contributed by atoms with Gasteiger partial charge in [-0.25, -0.2) is 0 Å². The van der Waals surface area contributed by atoms with Gasteiger partial charge in [-0.15, -0.1) is 0 Å². The Hall–Kier alpha value is -1.32. The molecule has 1 aliphatic rings. The Kier molecular flexibility index (Phi) is 3.10. The van der Waals surface area contributed by atoms with E-state index in [0.717, 1.165) is 28.8 Å². The maximum atomic E-state index is 6.22. The molecule has 0 bridgehead atoms. The number of hydrogen-bond donors (Lipinski definition) is 1. The van der Waals surface area contributed by atoms with Gasteiger partial charge >= 0.3 is 0 Å². The van der Waals surface area contributed by atoms with Crippen molar-refractivity contribution in [3.8, 4) is 0 Å². The molecule has 2 aromatic rings. The van der Waals surface area contributed by atoms with E-state index in [-0.39, 0.29) is 6.04 Å². The molecule has 92 valence electrons. The molecule has 3 heteroatoms. The van der Waals surface area contributed by atoms with Gasteiger partial charge in [0.05, 0.1) is 12.6 Å². The van der Waals surface area contributed by atoms with E-state index in [1.807, 2.05) is 6.07 Å². The summed E-state index contributed by atoms with van der Waals surface area (Å²) >= 11 is 3.48. The highest BCUT2D eigenvalue weighted by Crippen LogP contribution is 2.28. The monoisotopic (exact) mass is 303 g/mol. The fraction of sp³-hybridized carbons (Fsp3) is 0.200. The van der Waals surface area contributed by atoms with E-state index in [1.165, 1.54) is 10.8 Å². The van der Waals surface area contributed by atoms with Gasteiger partial charge in [0.1, 0.15) is 5.76 Å². The zero-order chi connectivity index (χ0) is 12.5. The SMILES string of the molecule is NC(C1=CCCO1)c1ccc2cc(Br)ccc2c1. The zero-order valence-corrected chi connectivity index (χ0v) is 11.5. The molecule has 0 spiro atoms. The van der Waals surface area contributed by atoms with Gasteiger partial charge < -0.3 is 10.5 Å². The second-order valence-electron chi connectivity index (χ2n) is 4.47. The maximum Gasteiger partial charge on any atom is 0.113 e. The summed E-state index contributed by atoms with van der Waals surface area (Å²) in [4.78, 5) is 0. The van der Waals surface area contributed by atoms with Crippen molar-refractivity contribution in [1.29, 1.82) is 0 Å². The summed E-state index contributed by atoms with van der Waals surface area (Å²) in [5.74, 6) is 0.895. The van der Waals surface area contributed by atoms with Gasteiger partial charge in [0.2, 0.25) is 0 Å². The first-order valence-electron chi connectivity index (χ1n) is 6.02. The highest BCUT2D eigenvalue weighted by Gasteiger charge is 2.16. The Morgan fingerprint density at radius 3 is 2.67 bits per heavy atom. The van der Waals surface area contributed by atoms with Gasteiger partial charge in [-0.2, -0.15) is 0 Å². The van der Waals surface area contributed by atoms with E-state index in [2.05, 4.69) is 52.3 Å². The summed E-state index contributed by atoms with van der Waals surface area (Å²) < 4.78 is 6.62. The summed E-state index contributed by atoms with van der Waals surface area (Å²) in [6.07, 6.45) is 3.04. The van der Waals surface area contributed by atoms with E-state index in [0.29, 0.717) is 0 Å². The molecule has 3 rings (SSSR count). The van der Waals surface area contributed by atoms with Crippen LogP contribution in [0.25, 0.3) is 10.8 Å². The number of ether oxygens (including phenoxy) is 1. The molecule has 2 nitrogen and oxygen atoms in total. The minimum atomic E-state index is -0.152. The second kappa shape index (κ2) is 4.75. The summed E-state index contributed by atoms with van der Waals surface area (Å²) in [6, 6.07) is 12.4. The first-order valence-corrected chi connectivity index (χ1v) is 6.81. The summed E-state index contributed by atoms with van der Waals surface area (Å²) in [5.41, 5.74) is 7.31. The lowest BCUT2D eigenvalue weighted by molar-refractivity contribution is 0.225. The predicted molar refractivity (Wildman–Crippen MR) is 77.2 cm³/mol.